The van der Waals surface area contributed by atoms with E-state index in [1.54, 1.807) is 12.2 Å². The Balaban J connectivity index is 1.46. The third-order valence-corrected chi connectivity index (χ3v) is 9.52. The summed E-state index contributed by atoms with van der Waals surface area (Å²) in [5.74, 6) is 3.16. The number of amides is 2. The van der Waals surface area contributed by atoms with Crippen LogP contribution < -0.4 is 10.6 Å². The van der Waals surface area contributed by atoms with Gasteiger partial charge in [0, 0.05) is 6.54 Å². The van der Waals surface area contributed by atoms with Crippen LogP contribution in [-0.2, 0) is 14.4 Å². The summed E-state index contributed by atoms with van der Waals surface area (Å²) in [5, 5.41) is 16.3. The molecule has 6 nitrogen and oxygen atoms in total. The zero-order valence-corrected chi connectivity index (χ0v) is 20.8. The van der Waals surface area contributed by atoms with Crippen molar-refractivity contribution < 1.29 is 19.5 Å². The summed E-state index contributed by atoms with van der Waals surface area (Å²) in [6.45, 7) is 5.14. The first kappa shape index (κ1) is 24.1. The molecule has 35 heavy (non-hydrogen) atoms. The van der Waals surface area contributed by atoms with Gasteiger partial charge in [0.25, 0.3) is 5.91 Å². The van der Waals surface area contributed by atoms with Crippen molar-refractivity contribution in [3.8, 4) is 0 Å². The largest absolute Gasteiger partial charge is 0.507 e. The standard InChI is InChI=1S/C29H38N2O4/c1-3-18-16(2)14-22-20(18)10-11-21-19-6-4-8-26(33)30-13-5-7-24-28(34)27(29(35)31-24)25(32)12-9-17(19)15-23(21)22/h4,8-12,16-24,32H,3,5-7,13-15H2,1-2H3,(H,30,33)(H,31,35)/b8-4?,12-9+,27-25-/t16-,17-,18-,19+,20+,21-,22+,23+,24+/m1/s1. The maximum absolute atomic E-state index is 12.8. The molecule has 0 aromatic heterocycles. The van der Waals surface area contributed by atoms with Crippen molar-refractivity contribution in [2.75, 3.05) is 6.54 Å². The van der Waals surface area contributed by atoms with Crippen molar-refractivity contribution in [3.63, 3.8) is 0 Å². The van der Waals surface area contributed by atoms with Crippen LogP contribution in [0.1, 0.15) is 52.4 Å². The molecule has 3 fully saturated rings. The summed E-state index contributed by atoms with van der Waals surface area (Å²) in [5.41, 5.74) is -0.135. The van der Waals surface area contributed by atoms with Crippen molar-refractivity contribution in [3.05, 3.63) is 47.8 Å². The van der Waals surface area contributed by atoms with Gasteiger partial charge in [0.1, 0.15) is 11.3 Å². The summed E-state index contributed by atoms with van der Waals surface area (Å²) < 4.78 is 0. The maximum atomic E-state index is 12.8. The first-order chi connectivity index (χ1) is 16.9. The molecule has 0 aromatic rings. The highest BCUT2D eigenvalue weighted by atomic mass is 16.3. The molecule has 188 valence electrons. The number of fused-ring (bicyclic) bond motifs is 7. The number of ketones is 1. The SMILES string of the molecule is CC[C@H]1[C@@H]2C=C[C@@H]3[C@H]4CC=CC(=O)NCCC[C@@H]5NC(=O)/C(=C(O)/C=C/[C@@H]4C[C@@H]3[C@H]2C[C@H]1C)C5=O. The van der Waals surface area contributed by atoms with Crippen LogP contribution in [0.5, 0.6) is 0 Å². The number of nitrogens with one attached hydrogen (secondary N) is 2. The van der Waals surface area contributed by atoms with E-state index in [0.717, 1.165) is 24.7 Å². The number of carbonyl (C=O) groups is 3. The fourth-order valence-electron chi connectivity index (χ4n) is 7.92. The molecule has 1 saturated heterocycles. The van der Waals surface area contributed by atoms with Gasteiger partial charge in [-0.3, -0.25) is 14.4 Å². The van der Waals surface area contributed by atoms with Gasteiger partial charge in [-0.25, -0.2) is 0 Å². The molecule has 6 heteroatoms. The highest BCUT2D eigenvalue weighted by Gasteiger charge is 2.52. The first-order valence-corrected chi connectivity index (χ1v) is 13.5. The van der Waals surface area contributed by atoms with Gasteiger partial charge in [0.15, 0.2) is 5.78 Å². The molecule has 2 aliphatic heterocycles. The lowest BCUT2D eigenvalue weighted by molar-refractivity contribution is -0.118. The lowest BCUT2D eigenvalue weighted by Crippen LogP contribution is -2.31. The quantitative estimate of drug-likeness (QED) is 0.392. The van der Waals surface area contributed by atoms with Gasteiger partial charge in [0.05, 0.1) is 6.04 Å². The highest BCUT2D eigenvalue weighted by Crippen LogP contribution is 2.59. The van der Waals surface area contributed by atoms with Crippen LogP contribution in [0.4, 0.5) is 0 Å². The molecular formula is C29H38N2O4. The zero-order valence-electron chi connectivity index (χ0n) is 20.8. The van der Waals surface area contributed by atoms with E-state index in [0.29, 0.717) is 49.0 Å². The molecule has 2 amide bonds. The molecule has 2 bridgehead atoms. The second kappa shape index (κ2) is 9.79. The maximum Gasteiger partial charge on any atom is 0.259 e. The van der Waals surface area contributed by atoms with Gasteiger partial charge in [-0.05, 0) is 91.6 Å². The fourth-order valence-corrected chi connectivity index (χ4v) is 7.92. The molecule has 0 unspecified atom stereocenters. The zero-order chi connectivity index (χ0) is 24.7. The fraction of sp³-hybridized carbons (Fsp3) is 0.621. The Hall–Kier alpha value is -2.63. The number of carbonyl (C=O) groups excluding carboxylic acids is 3. The van der Waals surface area contributed by atoms with Crippen molar-refractivity contribution in [2.24, 2.45) is 47.3 Å². The molecule has 3 aliphatic carbocycles. The Morgan fingerprint density at radius 1 is 1.00 bits per heavy atom. The van der Waals surface area contributed by atoms with E-state index >= 15 is 0 Å². The van der Waals surface area contributed by atoms with E-state index in [2.05, 4.69) is 36.6 Å². The molecule has 0 radical (unpaired) electrons. The molecule has 0 spiro atoms. The van der Waals surface area contributed by atoms with E-state index in [4.69, 9.17) is 0 Å². The number of Topliss-reactive ketones (excluding diaryl/α,β-unsaturated/α-hetero) is 1. The number of aliphatic hydroxyl groups is 1. The first-order valence-electron chi connectivity index (χ1n) is 13.5. The predicted molar refractivity (Wildman–Crippen MR) is 134 cm³/mol. The van der Waals surface area contributed by atoms with Crippen molar-refractivity contribution in [1.82, 2.24) is 10.6 Å². The van der Waals surface area contributed by atoms with Gasteiger partial charge in [-0.2, -0.15) is 0 Å². The topological polar surface area (TPSA) is 95.5 Å². The number of aliphatic hydroxyl groups excluding tert-OH is 1. The molecule has 9 atom stereocenters. The van der Waals surface area contributed by atoms with Crippen LogP contribution in [0.25, 0.3) is 0 Å². The summed E-state index contributed by atoms with van der Waals surface area (Å²) in [6.07, 6.45) is 17.4. The third-order valence-electron chi connectivity index (χ3n) is 9.52. The predicted octanol–water partition coefficient (Wildman–Crippen LogP) is 4.02. The minimum atomic E-state index is -0.645. The van der Waals surface area contributed by atoms with E-state index < -0.39 is 11.9 Å². The minimum Gasteiger partial charge on any atom is -0.507 e. The monoisotopic (exact) mass is 478 g/mol. The molecule has 5 aliphatic rings. The average Bonchev–Trinajstić information content (AvgIpc) is 3.44. The Morgan fingerprint density at radius 3 is 2.57 bits per heavy atom. The second-order valence-electron chi connectivity index (χ2n) is 11.3. The molecule has 0 aromatic carbocycles. The molecule has 2 heterocycles. The molecule has 5 rings (SSSR count). The van der Waals surface area contributed by atoms with Gasteiger partial charge in [0.2, 0.25) is 5.91 Å². The molecule has 3 N–H and O–H groups in total. The normalized spacial score (nSPS) is 44.4. The summed E-state index contributed by atoms with van der Waals surface area (Å²) >= 11 is 0. The van der Waals surface area contributed by atoms with Crippen LogP contribution in [0.3, 0.4) is 0 Å². The number of hydrogen-bond donors (Lipinski definition) is 3. The summed E-state index contributed by atoms with van der Waals surface area (Å²) in [6, 6.07) is -0.645. The van der Waals surface area contributed by atoms with E-state index in [1.165, 1.54) is 12.8 Å². The van der Waals surface area contributed by atoms with Gasteiger partial charge in [-0.1, -0.05) is 44.6 Å². The van der Waals surface area contributed by atoms with Gasteiger partial charge >= 0.3 is 0 Å². The minimum absolute atomic E-state index is 0.117. The van der Waals surface area contributed by atoms with Crippen molar-refractivity contribution >= 4 is 17.6 Å². The Morgan fingerprint density at radius 2 is 1.77 bits per heavy atom. The second-order valence-corrected chi connectivity index (χ2v) is 11.3. The number of allylic oxidation sites excluding steroid dienone is 5. The molecular weight excluding hydrogens is 440 g/mol. The van der Waals surface area contributed by atoms with Gasteiger partial charge in [-0.15, -0.1) is 0 Å². The van der Waals surface area contributed by atoms with Crippen LogP contribution in [0, 0.1) is 47.3 Å². The Kier molecular flexibility index (Phi) is 6.73. The number of rotatable bonds is 1. The Bertz CT molecular complexity index is 1010. The number of hydrogen-bond acceptors (Lipinski definition) is 4. The summed E-state index contributed by atoms with van der Waals surface area (Å²) in [4.78, 5) is 37.6. The lowest BCUT2D eigenvalue weighted by Gasteiger charge is -2.35. The highest BCUT2D eigenvalue weighted by molar-refractivity contribution is 6.27. The van der Waals surface area contributed by atoms with E-state index in [-0.39, 0.29) is 28.9 Å². The Labute approximate surface area is 208 Å². The van der Waals surface area contributed by atoms with Crippen LogP contribution in [-0.4, -0.2) is 35.3 Å². The molecule has 2 saturated carbocycles. The van der Waals surface area contributed by atoms with E-state index in [1.807, 2.05) is 12.2 Å². The summed E-state index contributed by atoms with van der Waals surface area (Å²) in [7, 11) is 0. The van der Waals surface area contributed by atoms with Gasteiger partial charge < -0.3 is 15.7 Å². The van der Waals surface area contributed by atoms with Crippen molar-refractivity contribution in [2.45, 2.75) is 58.4 Å². The van der Waals surface area contributed by atoms with Crippen molar-refractivity contribution in [1.29, 1.82) is 0 Å². The van der Waals surface area contributed by atoms with E-state index in [9.17, 15) is 19.5 Å². The van der Waals surface area contributed by atoms with Crippen LogP contribution in [0.2, 0.25) is 0 Å². The van der Waals surface area contributed by atoms with Crippen LogP contribution in [0.15, 0.2) is 47.8 Å². The van der Waals surface area contributed by atoms with Crippen LogP contribution >= 0.6 is 0 Å². The smallest absolute Gasteiger partial charge is 0.259 e. The third kappa shape index (κ3) is 4.41. The average molecular weight is 479 g/mol. The lowest BCUT2D eigenvalue weighted by atomic mass is 9.69.